The number of piperidine rings is 1. The Bertz CT molecular complexity index is 1620. The molecule has 2 atom stereocenters. The minimum absolute atomic E-state index is 0.0168. The summed E-state index contributed by atoms with van der Waals surface area (Å²) < 4.78 is 34.8. The Kier molecular flexibility index (Phi) is 8.78. The summed E-state index contributed by atoms with van der Waals surface area (Å²) in [4.78, 5) is 35.0. The molecule has 1 amide bonds. The number of hydrogen-bond acceptors (Lipinski definition) is 7. The number of rotatable bonds is 8. The van der Waals surface area contributed by atoms with Crippen molar-refractivity contribution in [1.82, 2.24) is 9.80 Å². The first kappa shape index (κ1) is 32.9. The number of aliphatic hydroxyl groups excluding tert-OH is 1. The number of alkyl halides is 1. The molecular weight excluding hydrogens is 602 g/mol. The quantitative estimate of drug-likeness (QED) is 0.309. The number of amides is 1. The van der Waals surface area contributed by atoms with Crippen LogP contribution in [0.5, 0.6) is 0 Å². The van der Waals surface area contributed by atoms with E-state index in [9.17, 15) is 19.1 Å². The Morgan fingerprint density at radius 3 is 2.40 bits per heavy atom. The van der Waals surface area contributed by atoms with Crippen molar-refractivity contribution < 1.29 is 28.2 Å². The Labute approximate surface area is 275 Å². The minimum Gasteiger partial charge on any atom is -0.456 e. The van der Waals surface area contributed by atoms with Crippen LogP contribution in [0, 0.1) is 5.82 Å². The third-order valence-corrected chi connectivity index (χ3v) is 9.66. The van der Waals surface area contributed by atoms with Crippen molar-refractivity contribution in [2.75, 3.05) is 42.6 Å². The number of carbonyl (C=O) groups is 2. The Hall–Kier alpha value is -4.02. The molecule has 2 saturated heterocycles. The average molecular weight is 647 g/mol. The van der Waals surface area contributed by atoms with E-state index in [0.717, 1.165) is 29.9 Å². The zero-order chi connectivity index (χ0) is 33.6. The van der Waals surface area contributed by atoms with Gasteiger partial charge < -0.3 is 29.4 Å². The van der Waals surface area contributed by atoms with Crippen LogP contribution in [0.2, 0.25) is 0 Å². The molecule has 3 aliphatic rings. The normalized spacial score (nSPS) is 22.7. The third kappa shape index (κ3) is 6.45. The van der Waals surface area contributed by atoms with Crippen molar-refractivity contribution in [1.29, 1.82) is 0 Å². The van der Waals surface area contributed by atoms with Gasteiger partial charge in [0.1, 0.15) is 17.0 Å². The van der Waals surface area contributed by atoms with Gasteiger partial charge in [0.25, 0.3) is 0 Å². The summed E-state index contributed by atoms with van der Waals surface area (Å²) >= 11 is 0. The molecule has 10 heteroatoms. The standard InChI is InChI=1S/C37H44F2N4O4/c1-35(2,3)47-32(44)27-10-7-9-26(23-27)24-41-25-43(29-15-13-28(38)14-16-29)37(34(41)46)17-21-40(22-18-37)19-8-20-42-31-12-6-5-11-30(31)36(4,39)33(42)45/h5-7,9-16,23,33,45H,8,17-22,24-25H2,1-4H3. The Morgan fingerprint density at radius 2 is 1.70 bits per heavy atom. The molecule has 2 fully saturated rings. The summed E-state index contributed by atoms with van der Waals surface area (Å²) in [5.74, 6) is -0.730. The monoisotopic (exact) mass is 646 g/mol. The molecule has 0 radical (unpaired) electrons. The highest BCUT2D eigenvalue weighted by Gasteiger charge is 2.54. The van der Waals surface area contributed by atoms with Crippen LogP contribution >= 0.6 is 0 Å². The summed E-state index contributed by atoms with van der Waals surface area (Å²) in [7, 11) is 0. The van der Waals surface area contributed by atoms with E-state index in [1.54, 1.807) is 47.4 Å². The van der Waals surface area contributed by atoms with Crippen LogP contribution in [0.3, 0.4) is 0 Å². The van der Waals surface area contributed by atoms with E-state index in [1.807, 2.05) is 43.9 Å². The van der Waals surface area contributed by atoms with Crippen molar-refractivity contribution >= 4 is 23.3 Å². The molecule has 0 bridgehead atoms. The molecule has 1 spiro atoms. The lowest BCUT2D eigenvalue weighted by Gasteiger charge is -2.43. The number of carbonyl (C=O) groups excluding carboxylic acids is 2. The first-order valence-electron chi connectivity index (χ1n) is 16.4. The Balaban J connectivity index is 1.14. The minimum atomic E-state index is -1.83. The summed E-state index contributed by atoms with van der Waals surface area (Å²) in [6.07, 6.45) is 0.676. The number of para-hydroxylation sites is 1. The van der Waals surface area contributed by atoms with Crippen LogP contribution in [0.15, 0.2) is 72.8 Å². The molecule has 250 valence electrons. The van der Waals surface area contributed by atoms with Crippen molar-refractivity contribution in [2.24, 2.45) is 0 Å². The fourth-order valence-electron chi connectivity index (χ4n) is 7.24. The second-order valence-corrected chi connectivity index (χ2v) is 14.1. The highest BCUT2D eigenvalue weighted by atomic mass is 19.1. The predicted octanol–water partition coefficient (Wildman–Crippen LogP) is 5.84. The molecule has 3 aromatic rings. The first-order chi connectivity index (χ1) is 22.3. The van der Waals surface area contributed by atoms with Crippen molar-refractivity contribution in [3.8, 4) is 0 Å². The van der Waals surface area contributed by atoms with Gasteiger partial charge in [-0.25, -0.2) is 13.6 Å². The van der Waals surface area contributed by atoms with Gasteiger partial charge in [0.05, 0.1) is 12.2 Å². The topological polar surface area (TPSA) is 76.6 Å². The summed E-state index contributed by atoms with van der Waals surface area (Å²) in [5.41, 5.74) is 0.0509. The number of esters is 1. The highest BCUT2D eigenvalue weighted by molar-refractivity contribution is 5.94. The second kappa shape index (κ2) is 12.5. The number of likely N-dealkylation sites (tertiary alicyclic amines) is 1. The zero-order valence-corrected chi connectivity index (χ0v) is 27.6. The van der Waals surface area contributed by atoms with E-state index in [4.69, 9.17) is 4.74 Å². The van der Waals surface area contributed by atoms with Crippen molar-refractivity contribution in [3.05, 3.63) is 95.3 Å². The van der Waals surface area contributed by atoms with E-state index in [2.05, 4.69) is 9.80 Å². The van der Waals surface area contributed by atoms with Gasteiger partial charge in [-0.3, -0.25) is 4.79 Å². The molecule has 3 aliphatic heterocycles. The van der Waals surface area contributed by atoms with E-state index < -0.39 is 29.0 Å². The average Bonchev–Trinajstić information content (AvgIpc) is 3.40. The summed E-state index contributed by atoms with van der Waals surface area (Å²) in [6.45, 7) is 10.2. The maximum Gasteiger partial charge on any atom is 0.338 e. The zero-order valence-electron chi connectivity index (χ0n) is 27.6. The molecule has 0 aromatic heterocycles. The van der Waals surface area contributed by atoms with Gasteiger partial charge in [-0.15, -0.1) is 0 Å². The smallest absolute Gasteiger partial charge is 0.338 e. The lowest BCUT2D eigenvalue weighted by Crippen LogP contribution is -2.56. The van der Waals surface area contributed by atoms with Crippen LogP contribution in [0.25, 0.3) is 0 Å². The van der Waals surface area contributed by atoms with Crippen LogP contribution in [-0.2, 0) is 21.7 Å². The number of anilines is 2. The van der Waals surface area contributed by atoms with Gasteiger partial charge >= 0.3 is 5.97 Å². The summed E-state index contributed by atoms with van der Waals surface area (Å²) in [6, 6.07) is 20.7. The van der Waals surface area contributed by atoms with E-state index in [-0.39, 0.29) is 11.7 Å². The number of fused-ring (bicyclic) bond motifs is 1. The molecule has 3 aromatic carbocycles. The van der Waals surface area contributed by atoms with Gasteiger partial charge in [0.2, 0.25) is 5.91 Å². The number of hydrogen-bond donors (Lipinski definition) is 1. The van der Waals surface area contributed by atoms with Crippen LogP contribution in [0.1, 0.15) is 68.4 Å². The maximum atomic E-state index is 15.3. The SMILES string of the molecule is CC(C)(C)OC(=O)c1cccc(CN2CN(c3ccc(F)cc3)C3(CCN(CCCN4c5ccccc5C(C)(F)C4O)CC3)C2=O)c1. The number of nitrogens with zero attached hydrogens (tertiary/aromatic N) is 4. The van der Waals surface area contributed by atoms with Gasteiger partial charge in [-0.1, -0.05) is 30.3 Å². The molecule has 0 saturated carbocycles. The molecule has 8 nitrogen and oxygen atoms in total. The first-order valence-corrected chi connectivity index (χ1v) is 16.4. The predicted molar refractivity (Wildman–Crippen MR) is 177 cm³/mol. The fourth-order valence-corrected chi connectivity index (χ4v) is 7.24. The molecule has 6 rings (SSSR count). The number of ether oxygens (including phenoxy) is 1. The Morgan fingerprint density at radius 1 is 1.00 bits per heavy atom. The molecule has 47 heavy (non-hydrogen) atoms. The third-order valence-electron chi connectivity index (χ3n) is 9.66. The molecule has 1 N–H and O–H groups in total. The molecule has 2 unspecified atom stereocenters. The number of benzene rings is 3. The molecular formula is C37H44F2N4O4. The van der Waals surface area contributed by atoms with E-state index >= 15 is 4.39 Å². The van der Waals surface area contributed by atoms with Gasteiger partial charge in [0, 0.05) is 43.1 Å². The van der Waals surface area contributed by atoms with Crippen molar-refractivity contribution in [2.45, 2.75) is 76.5 Å². The fraction of sp³-hybridized carbons (Fsp3) is 0.459. The molecule has 0 aliphatic carbocycles. The van der Waals surface area contributed by atoms with Crippen LogP contribution in [-0.4, -0.2) is 77.0 Å². The molecule has 3 heterocycles. The highest BCUT2D eigenvalue weighted by Crippen LogP contribution is 2.45. The number of halogens is 2. The van der Waals surface area contributed by atoms with Crippen molar-refractivity contribution in [3.63, 3.8) is 0 Å². The van der Waals surface area contributed by atoms with E-state index in [0.29, 0.717) is 56.8 Å². The van der Waals surface area contributed by atoms with Crippen LogP contribution in [0.4, 0.5) is 20.2 Å². The van der Waals surface area contributed by atoms with E-state index in [1.165, 1.54) is 19.1 Å². The largest absolute Gasteiger partial charge is 0.456 e. The van der Waals surface area contributed by atoms with Crippen LogP contribution < -0.4 is 9.80 Å². The lowest BCUT2D eigenvalue weighted by atomic mass is 9.85. The lowest BCUT2D eigenvalue weighted by molar-refractivity contribution is -0.134. The van der Waals surface area contributed by atoms with Gasteiger partial charge in [0.15, 0.2) is 11.9 Å². The van der Waals surface area contributed by atoms with Gasteiger partial charge in [-0.2, -0.15) is 0 Å². The van der Waals surface area contributed by atoms with Gasteiger partial charge in [-0.05, 0) is 102 Å². The second-order valence-electron chi connectivity index (χ2n) is 14.1. The summed E-state index contributed by atoms with van der Waals surface area (Å²) in [5, 5.41) is 10.8. The maximum absolute atomic E-state index is 15.3. The number of aliphatic hydroxyl groups is 1.